The molecule has 1 rings (SSSR count). The van der Waals surface area contributed by atoms with Gasteiger partial charge in [0.2, 0.25) is 5.91 Å². The molecule has 1 aliphatic carbocycles. The van der Waals surface area contributed by atoms with E-state index in [1.165, 1.54) is 19.3 Å². The van der Waals surface area contributed by atoms with Crippen LogP contribution in [0.25, 0.3) is 0 Å². The van der Waals surface area contributed by atoms with Crippen LogP contribution in [0, 0.1) is 5.92 Å². The Morgan fingerprint density at radius 1 is 1.18 bits per heavy atom. The van der Waals surface area contributed by atoms with Gasteiger partial charge in [-0.3, -0.25) is 9.59 Å². The zero-order chi connectivity index (χ0) is 12.7. The van der Waals surface area contributed by atoms with Gasteiger partial charge in [-0.2, -0.15) is 0 Å². The van der Waals surface area contributed by atoms with Crippen molar-refractivity contribution >= 4 is 11.9 Å². The molecule has 1 amide bonds. The van der Waals surface area contributed by atoms with Crippen molar-refractivity contribution in [2.45, 2.75) is 64.3 Å². The van der Waals surface area contributed by atoms with E-state index in [0.717, 1.165) is 18.8 Å². The second kappa shape index (κ2) is 7.30. The van der Waals surface area contributed by atoms with Gasteiger partial charge in [-0.1, -0.05) is 13.3 Å². The highest BCUT2D eigenvalue weighted by Crippen LogP contribution is 2.26. The van der Waals surface area contributed by atoms with Gasteiger partial charge in [-0.05, 0) is 38.0 Å². The van der Waals surface area contributed by atoms with E-state index in [-0.39, 0.29) is 12.3 Å². The molecule has 17 heavy (non-hydrogen) atoms. The molecule has 0 unspecified atom stereocenters. The zero-order valence-electron chi connectivity index (χ0n) is 10.6. The summed E-state index contributed by atoms with van der Waals surface area (Å²) in [5.41, 5.74) is 0. The Morgan fingerprint density at radius 3 is 2.35 bits per heavy atom. The van der Waals surface area contributed by atoms with E-state index in [1.54, 1.807) is 0 Å². The molecular weight excluding hydrogens is 218 g/mol. The van der Waals surface area contributed by atoms with E-state index in [1.807, 2.05) is 0 Å². The number of aliphatic carboxylic acids is 1. The predicted molar refractivity (Wildman–Crippen MR) is 65.7 cm³/mol. The summed E-state index contributed by atoms with van der Waals surface area (Å²) in [4.78, 5) is 21.8. The van der Waals surface area contributed by atoms with Gasteiger partial charge in [0.15, 0.2) is 0 Å². The molecule has 0 aromatic rings. The molecule has 0 aromatic carbocycles. The monoisotopic (exact) mass is 241 g/mol. The Hall–Kier alpha value is -1.06. The summed E-state index contributed by atoms with van der Waals surface area (Å²) in [5, 5.41) is 11.5. The van der Waals surface area contributed by atoms with Crippen LogP contribution in [0.5, 0.6) is 0 Å². The fourth-order valence-corrected chi connectivity index (χ4v) is 2.42. The first-order chi connectivity index (χ1) is 8.11. The third-order valence-corrected chi connectivity index (χ3v) is 3.58. The van der Waals surface area contributed by atoms with Gasteiger partial charge in [0.05, 0.1) is 0 Å². The minimum absolute atomic E-state index is 0.00574. The average molecular weight is 241 g/mol. The van der Waals surface area contributed by atoms with Crippen LogP contribution in [0.3, 0.4) is 0 Å². The van der Waals surface area contributed by atoms with Crippen LogP contribution in [-0.4, -0.2) is 23.0 Å². The van der Waals surface area contributed by atoms with Gasteiger partial charge >= 0.3 is 5.97 Å². The molecule has 0 aliphatic heterocycles. The molecule has 0 spiro atoms. The third kappa shape index (κ3) is 5.71. The third-order valence-electron chi connectivity index (χ3n) is 3.58. The summed E-state index contributed by atoms with van der Waals surface area (Å²) in [5.74, 6) is 0.00242. The smallest absolute Gasteiger partial charge is 0.303 e. The summed E-state index contributed by atoms with van der Waals surface area (Å²) in [6.07, 6.45) is 6.64. The molecule has 1 fully saturated rings. The Labute approximate surface area is 103 Å². The highest BCUT2D eigenvalue weighted by Gasteiger charge is 2.20. The van der Waals surface area contributed by atoms with Crippen LogP contribution in [0.1, 0.15) is 58.3 Å². The number of carbonyl (C=O) groups is 2. The zero-order valence-corrected chi connectivity index (χ0v) is 10.6. The molecule has 0 atom stereocenters. The SMILES string of the molecule is CCC1CCC(NC(=O)CCCC(=O)O)CC1. The van der Waals surface area contributed by atoms with E-state index < -0.39 is 5.97 Å². The average Bonchev–Trinajstić information content (AvgIpc) is 2.29. The molecule has 1 saturated carbocycles. The molecule has 4 nitrogen and oxygen atoms in total. The maximum Gasteiger partial charge on any atom is 0.303 e. The van der Waals surface area contributed by atoms with Crippen LogP contribution in [0.2, 0.25) is 0 Å². The van der Waals surface area contributed by atoms with Crippen molar-refractivity contribution in [1.29, 1.82) is 0 Å². The summed E-state index contributed by atoms with van der Waals surface area (Å²) >= 11 is 0. The quantitative estimate of drug-likeness (QED) is 0.750. The highest BCUT2D eigenvalue weighted by atomic mass is 16.4. The summed E-state index contributed by atoms with van der Waals surface area (Å²) in [7, 11) is 0. The minimum atomic E-state index is -0.832. The number of hydrogen-bond acceptors (Lipinski definition) is 2. The van der Waals surface area contributed by atoms with Crippen molar-refractivity contribution in [2.75, 3.05) is 0 Å². The molecule has 2 N–H and O–H groups in total. The van der Waals surface area contributed by atoms with Gasteiger partial charge < -0.3 is 10.4 Å². The number of amides is 1. The van der Waals surface area contributed by atoms with Gasteiger partial charge in [-0.15, -0.1) is 0 Å². The molecule has 0 aromatic heterocycles. The highest BCUT2D eigenvalue weighted by molar-refractivity contribution is 5.77. The minimum Gasteiger partial charge on any atom is -0.481 e. The van der Waals surface area contributed by atoms with E-state index in [4.69, 9.17) is 5.11 Å². The van der Waals surface area contributed by atoms with Crippen molar-refractivity contribution < 1.29 is 14.7 Å². The van der Waals surface area contributed by atoms with Crippen molar-refractivity contribution in [2.24, 2.45) is 5.92 Å². The van der Waals surface area contributed by atoms with Gasteiger partial charge in [-0.25, -0.2) is 0 Å². The summed E-state index contributed by atoms with van der Waals surface area (Å²) in [6.45, 7) is 2.22. The van der Waals surface area contributed by atoms with E-state index in [2.05, 4.69) is 12.2 Å². The van der Waals surface area contributed by atoms with Crippen LogP contribution in [0.4, 0.5) is 0 Å². The Morgan fingerprint density at radius 2 is 1.82 bits per heavy atom. The van der Waals surface area contributed by atoms with Crippen molar-refractivity contribution in [3.8, 4) is 0 Å². The molecule has 0 radical (unpaired) electrons. The lowest BCUT2D eigenvalue weighted by molar-refractivity contribution is -0.137. The summed E-state index contributed by atoms with van der Waals surface area (Å²) < 4.78 is 0. The number of carbonyl (C=O) groups excluding carboxylic acids is 1. The Balaban J connectivity index is 2.12. The van der Waals surface area contributed by atoms with Gasteiger partial charge in [0.1, 0.15) is 0 Å². The van der Waals surface area contributed by atoms with Crippen LogP contribution < -0.4 is 5.32 Å². The lowest BCUT2D eigenvalue weighted by Gasteiger charge is -2.28. The van der Waals surface area contributed by atoms with Crippen molar-refractivity contribution in [3.05, 3.63) is 0 Å². The van der Waals surface area contributed by atoms with Crippen LogP contribution in [-0.2, 0) is 9.59 Å². The predicted octanol–water partition coefficient (Wildman–Crippen LogP) is 2.33. The lowest BCUT2D eigenvalue weighted by atomic mass is 9.84. The second-order valence-electron chi connectivity index (χ2n) is 4.94. The Kier molecular flexibility index (Phi) is 6.01. The fraction of sp³-hybridized carbons (Fsp3) is 0.846. The molecule has 4 heteroatoms. The van der Waals surface area contributed by atoms with E-state index >= 15 is 0 Å². The maximum absolute atomic E-state index is 11.5. The second-order valence-corrected chi connectivity index (χ2v) is 4.94. The molecular formula is C13H23NO3. The van der Waals surface area contributed by atoms with Crippen molar-refractivity contribution in [3.63, 3.8) is 0 Å². The normalized spacial score (nSPS) is 24.3. The molecule has 1 aliphatic rings. The lowest BCUT2D eigenvalue weighted by Crippen LogP contribution is -2.37. The number of carboxylic acids is 1. The molecule has 0 saturated heterocycles. The molecule has 98 valence electrons. The van der Waals surface area contributed by atoms with Gasteiger partial charge in [0, 0.05) is 18.9 Å². The van der Waals surface area contributed by atoms with E-state index in [9.17, 15) is 9.59 Å². The van der Waals surface area contributed by atoms with Crippen molar-refractivity contribution in [1.82, 2.24) is 5.32 Å². The first-order valence-corrected chi connectivity index (χ1v) is 6.63. The largest absolute Gasteiger partial charge is 0.481 e. The topological polar surface area (TPSA) is 66.4 Å². The number of carboxylic acid groups (broad SMARTS) is 1. The maximum atomic E-state index is 11.5. The molecule has 0 bridgehead atoms. The number of rotatable bonds is 6. The fourth-order valence-electron chi connectivity index (χ4n) is 2.42. The Bertz CT molecular complexity index is 257. The van der Waals surface area contributed by atoms with Crippen LogP contribution in [0.15, 0.2) is 0 Å². The summed E-state index contributed by atoms with van der Waals surface area (Å²) in [6, 6.07) is 0.315. The van der Waals surface area contributed by atoms with E-state index in [0.29, 0.717) is 18.9 Å². The standard InChI is InChI=1S/C13H23NO3/c1-2-10-6-8-11(9-7-10)14-12(15)4-3-5-13(16)17/h10-11H,2-9H2,1H3,(H,14,15)(H,16,17). The first kappa shape index (κ1) is 14.0. The first-order valence-electron chi connectivity index (χ1n) is 6.63. The molecule has 0 heterocycles. The van der Waals surface area contributed by atoms with Gasteiger partial charge in [0.25, 0.3) is 0 Å². The van der Waals surface area contributed by atoms with Crippen LogP contribution >= 0.6 is 0 Å². The number of hydrogen-bond donors (Lipinski definition) is 2. The number of nitrogens with one attached hydrogen (secondary N) is 1.